The normalized spacial score (nSPS) is 10.6. The van der Waals surface area contributed by atoms with E-state index in [0.717, 1.165) is 15.8 Å². The lowest BCUT2D eigenvalue weighted by molar-refractivity contribution is -0.122. The predicted octanol–water partition coefficient (Wildman–Crippen LogP) is 3.08. The van der Waals surface area contributed by atoms with Crippen molar-refractivity contribution in [3.63, 3.8) is 0 Å². The minimum Gasteiger partial charge on any atom is -0.492 e. The largest absolute Gasteiger partial charge is 0.492 e. The molecule has 2 rings (SSSR count). The smallest absolute Gasteiger partial charge is 0.234 e. The summed E-state index contributed by atoms with van der Waals surface area (Å²) in [6.07, 6.45) is 0. The molecule has 0 aliphatic heterocycles. The molecule has 0 radical (unpaired) electrons. The lowest BCUT2D eigenvalue weighted by atomic mass is 10.2. The highest BCUT2D eigenvalue weighted by Crippen LogP contribution is 2.15. The van der Waals surface area contributed by atoms with Gasteiger partial charge in [0.1, 0.15) is 12.4 Å². The fraction of sp³-hybridized carbons (Fsp3) is 0.278. The zero-order valence-electron chi connectivity index (χ0n) is 13.2. The molecule has 2 aromatic rings. The first-order valence-corrected chi connectivity index (χ1v) is 8.30. The molecule has 0 bridgehead atoms. The number of nitrogens with zero attached hydrogens (tertiary/aromatic N) is 1. The molecule has 23 heavy (non-hydrogen) atoms. The van der Waals surface area contributed by atoms with Crippen molar-refractivity contribution in [3.8, 4) is 5.75 Å². The Balaban J connectivity index is 1.63. The SMILES string of the molecule is CN(CCOc1ccc(Br)cc1)CC(=O)NCc1ccccc1. The number of hydrogen-bond acceptors (Lipinski definition) is 3. The van der Waals surface area contributed by atoms with Crippen molar-refractivity contribution in [2.75, 3.05) is 26.7 Å². The summed E-state index contributed by atoms with van der Waals surface area (Å²) in [6.45, 7) is 2.15. The van der Waals surface area contributed by atoms with Crippen molar-refractivity contribution in [3.05, 3.63) is 64.6 Å². The Bertz CT molecular complexity index is 602. The quantitative estimate of drug-likeness (QED) is 0.769. The van der Waals surface area contributed by atoms with Crippen LogP contribution in [0.5, 0.6) is 5.75 Å². The Morgan fingerprint density at radius 1 is 1.13 bits per heavy atom. The van der Waals surface area contributed by atoms with Gasteiger partial charge in [-0.15, -0.1) is 0 Å². The molecule has 5 heteroatoms. The number of halogens is 1. The average molecular weight is 377 g/mol. The molecule has 122 valence electrons. The van der Waals surface area contributed by atoms with Crippen molar-refractivity contribution < 1.29 is 9.53 Å². The van der Waals surface area contributed by atoms with Gasteiger partial charge in [0.05, 0.1) is 6.54 Å². The fourth-order valence-electron chi connectivity index (χ4n) is 2.03. The molecule has 0 atom stereocenters. The molecule has 0 unspecified atom stereocenters. The van der Waals surface area contributed by atoms with E-state index in [1.54, 1.807) is 0 Å². The zero-order chi connectivity index (χ0) is 16.5. The van der Waals surface area contributed by atoms with E-state index in [1.165, 1.54) is 0 Å². The van der Waals surface area contributed by atoms with Gasteiger partial charge in [-0.05, 0) is 36.9 Å². The Kier molecular flexibility index (Phi) is 7.10. The second-order valence-corrected chi connectivity index (χ2v) is 6.22. The number of rotatable bonds is 8. The van der Waals surface area contributed by atoms with Gasteiger partial charge in [-0.1, -0.05) is 46.3 Å². The van der Waals surface area contributed by atoms with Crippen LogP contribution in [-0.2, 0) is 11.3 Å². The maximum atomic E-state index is 11.9. The molecular formula is C18H21BrN2O2. The van der Waals surface area contributed by atoms with E-state index >= 15 is 0 Å². The molecular weight excluding hydrogens is 356 g/mol. The molecule has 4 nitrogen and oxygen atoms in total. The molecule has 1 N–H and O–H groups in total. The molecule has 2 aromatic carbocycles. The molecule has 0 aliphatic rings. The number of carbonyl (C=O) groups excluding carboxylic acids is 1. The number of amides is 1. The highest BCUT2D eigenvalue weighted by atomic mass is 79.9. The molecule has 0 aliphatic carbocycles. The summed E-state index contributed by atoms with van der Waals surface area (Å²) in [6, 6.07) is 17.6. The predicted molar refractivity (Wildman–Crippen MR) is 95.4 cm³/mol. The van der Waals surface area contributed by atoms with E-state index in [-0.39, 0.29) is 5.91 Å². The second-order valence-electron chi connectivity index (χ2n) is 5.30. The van der Waals surface area contributed by atoms with Crippen LogP contribution in [0.3, 0.4) is 0 Å². The summed E-state index contributed by atoms with van der Waals surface area (Å²) in [5, 5.41) is 2.92. The summed E-state index contributed by atoms with van der Waals surface area (Å²) < 4.78 is 6.67. The first-order valence-electron chi connectivity index (χ1n) is 7.51. The van der Waals surface area contributed by atoms with Gasteiger partial charge in [-0.3, -0.25) is 9.69 Å². The second kappa shape index (κ2) is 9.33. The van der Waals surface area contributed by atoms with E-state index < -0.39 is 0 Å². The summed E-state index contributed by atoms with van der Waals surface area (Å²) in [5.41, 5.74) is 1.10. The summed E-state index contributed by atoms with van der Waals surface area (Å²) in [5.74, 6) is 0.843. The number of likely N-dealkylation sites (N-methyl/N-ethyl adjacent to an activating group) is 1. The third-order valence-electron chi connectivity index (χ3n) is 3.30. The van der Waals surface area contributed by atoms with Crippen LogP contribution in [0.2, 0.25) is 0 Å². The minimum absolute atomic E-state index is 0.0139. The van der Waals surface area contributed by atoms with Crippen LogP contribution in [0, 0.1) is 0 Å². The fourth-order valence-corrected chi connectivity index (χ4v) is 2.29. The van der Waals surface area contributed by atoms with Crippen LogP contribution >= 0.6 is 15.9 Å². The summed E-state index contributed by atoms with van der Waals surface area (Å²) >= 11 is 3.39. The lowest BCUT2D eigenvalue weighted by Crippen LogP contribution is -2.36. The van der Waals surface area contributed by atoms with Gasteiger partial charge < -0.3 is 10.1 Å². The van der Waals surface area contributed by atoms with Crippen LogP contribution < -0.4 is 10.1 Å². The molecule has 1 amide bonds. The highest BCUT2D eigenvalue weighted by molar-refractivity contribution is 9.10. The van der Waals surface area contributed by atoms with Gasteiger partial charge in [0.15, 0.2) is 0 Å². The highest BCUT2D eigenvalue weighted by Gasteiger charge is 2.06. The first-order chi connectivity index (χ1) is 11.1. The van der Waals surface area contributed by atoms with Crippen LogP contribution in [0.15, 0.2) is 59.1 Å². The maximum absolute atomic E-state index is 11.9. The Morgan fingerprint density at radius 3 is 2.52 bits per heavy atom. The monoisotopic (exact) mass is 376 g/mol. The van der Waals surface area contributed by atoms with Gasteiger partial charge in [-0.2, -0.15) is 0 Å². The zero-order valence-corrected chi connectivity index (χ0v) is 14.8. The molecule has 0 saturated heterocycles. The lowest BCUT2D eigenvalue weighted by Gasteiger charge is -2.16. The molecule has 0 saturated carbocycles. The molecule has 0 spiro atoms. The summed E-state index contributed by atoms with van der Waals surface area (Å²) in [4.78, 5) is 13.8. The maximum Gasteiger partial charge on any atom is 0.234 e. The molecule has 0 heterocycles. The van der Waals surface area contributed by atoms with E-state index in [4.69, 9.17) is 4.74 Å². The number of ether oxygens (including phenoxy) is 1. The van der Waals surface area contributed by atoms with E-state index in [9.17, 15) is 4.79 Å². The van der Waals surface area contributed by atoms with Crippen LogP contribution in [0.4, 0.5) is 0 Å². The number of hydrogen-bond donors (Lipinski definition) is 1. The van der Waals surface area contributed by atoms with Crippen LogP contribution in [-0.4, -0.2) is 37.6 Å². The Morgan fingerprint density at radius 2 is 1.83 bits per heavy atom. The van der Waals surface area contributed by atoms with Crippen molar-refractivity contribution in [1.82, 2.24) is 10.2 Å². The van der Waals surface area contributed by atoms with Crippen molar-refractivity contribution in [2.45, 2.75) is 6.54 Å². The van der Waals surface area contributed by atoms with Crippen molar-refractivity contribution in [2.24, 2.45) is 0 Å². The number of carbonyl (C=O) groups is 1. The van der Waals surface area contributed by atoms with Gasteiger partial charge in [-0.25, -0.2) is 0 Å². The molecule has 0 fully saturated rings. The Labute approximate surface area is 145 Å². The van der Waals surface area contributed by atoms with Crippen LogP contribution in [0.25, 0.3) is 0 Å². The van der Waals surface area contributed by atoms with Gasteiger partial charge >= 0.3 is 0 Å². The minimum atomic E-state index is 0.0139. The third-order valence-corrected chi connectivity index (χ3v) is 3.83. The third kappa shape index (κ3) is 6.84. The van der Waals surface area contributed by atoms with E-state index in [0.29, 0.717) is 26.2 Å². The standard InChI is InChI=1S/C18H21BrN2O2/c1-21(11-12-23-17-9-7-16(19)8-10-17)14-18(22)20-13-15-5-3-2-4-6-15/h2-10H,11-14H2,1H3,(H,20,22). The van der Waals surface area contributed by atoms with E-state index in [2.05, 4.69) is 21.2 Å². The van der Waals surface area contributed by atoms with Gasteiger partial charge in [0.25, 0.3) is 0 Å². The van der Waals surface area contributed by atoms with Crippen molar-refractivity contribution >= 4 is 21.8 Å². The number of nitrogens with one attached hydrogen (secondary N) is 1. The van der Waals surface area contributed by atoms with Gasteiger partial charge in [0, 0.05) is 17.6 Å². The molecule has 0 aromatic heterocycles. The average Bonchev–Trinajstić information content (AvgIpc) is 2.56. The first kappa shape index (κ1) is 17.5. The topological polar surface area (TPSA) is 41.6 Å². The van der Waals surface area contributed by atoms with E-state index in [1.807, 2.05) is 66.5 Å². The Hall–Kier alpha value is -1.85. The number of benzene rings is 2. The van der Waals surface area contributed by atoms with Gasteiger partial charge in [0.2, 0.25) is 5.91 Å². The van der Waals surface area contributed by atoms with Crippen molar-refractivity contribution in [1.29, 1.82) is 0 Å². The van der Waals surface area contributed by atoms with Crippen LogP contribution in [0.1, 0.15) is 5.56 Å². The summed E-state index contributed by atoms with van der Waals surface area (Å²) in [7, 11) is 1.91.